The van der Waals surface area contributed by atoms with E-state index in [1.165, 1.54) is 36.2 Å². The molecule has 3 aromatic rings. The zero-order chi connectivity index (χ0) is 24.7. The number of hydrogen-bond acceptors (Lipinski definition) is 4. The first-order valence-electron chi connectivity index (χ1n) is 10.6. The highest BCUT2D eigenvalue weighted by atomic mass is 35.5. The Labute approximate surface area is 205 Å². The molecule has 0 fully saturated rings. The van der Waals surface area contributed by atoms with Crippen molar-refractivity contribution < 1.29 is 18.0 Å². The molecule has 34 heavy (non-hydrogen) atoms. The molecule has 178 valence electrons. The lowest BCUT2D eigenvalue weighted by atomic mass is 10.1. The first kappa shape index (κ1) is 25.3. The van der Waals surface area contributed by atoms with E-state index in [2.05, 4.69) is 5.32 Å². The van der Waals surface area contributed by atoms with Gasteiger partial charge in [-0.2, -0.15) is 0 Å². The molecule has 0 saturated heterocycles. The van der Waals surface area contributed by atoms with E-state index in [1.54, 1.807) is 37.3 Å². The third-order valence-electron chi connectivity index (χ3n) is 5.33. The summed E-state index contributed by atoms with van der Waals surface area (Å²) in [4.78, 5) is 27.3. The normalized spacial score (nSPS) is 12.0. The SMILES string of the molecule is CNC(=O)C(C)N(Cc1ccccc1)C(=O)CN(c1ccccc1)S(=O)(=O)c1ccc(Cl)cc1. The Balaban J connectivity index is 1.99. The van der Waals surface area contributed by atoms with Gasteiger partial charge in [-0.3, -0.25) is 13.9 Å². The second kappa shape index (κ2) is 11.2. The number of benzene rings is 3. The fraction of sp³-hybridized carbons (Fsp3) is 0.200. The maximum atomic E-state index is 13.6. The van der Waals surface area contributed by atoms with Gasteiger partial charge in [0, 0.05) is 18.6 Å². The Bertz CT molecular complexity index is 1220. The molecular formula is C25H26ClN3O4S. The Morgan fingerprint density at radius 3 is 2.03 bits per heavy atom. The third-order valence-corrected chi connectivity index (χ3v) is 7.37. The number of anilines is 1. The van der Waals surface area contributed by atoms with Gasteiger partial charge in [0.2, 0.25) is 11.8 Å². The van der Waals surface area contributed by atoms with E-state index < -0.39 is 28.5 Å². The van der Waals surface area contributed by atoms with Crippen LogP contribution in [0.1, 0.15) is 12.5 Å². The molecule has 0 heterocycles. The van der Waals surface area contributed by atoms with Crippen molar-refractivity contribution in [2.24, 2.45) is 0 Å². The maximum Gasteiger partial charge on any atom is 0.264 e. The molecule has 3 aromatic carbocycles. The van der Waals surface area contributed by atoms with Crippen LogP contribution in [-0.2, 0) is 26.2 Å². The summed E-state index contributed by atoms with van der Waals surface area (Å²) in [5.74, 6) is -0.863. The number of sulfonamides is 1. The van der Waals surface area contributed by atoms with Crippen molar-refractivity contribution in [3.05, 3.63) is 95.5 Å². The Kier molecular flexibility index (Phi) is 8.31. The zero-order valence-electron chi connectivity index (χ0n) is 18.9. The van der Waals surface area contributed by atoms with Gasteiger partial charge < -0.3 is 10.2 Å². The Morgan fingerprint density at radius 2 is 1.47 bits per heavy atom. The number of para-hydroxylation sites is 1. The van der Waals surface area contributed by atoms with E-state index in [4.69, 9.17) is 11.6 Å². The quantitative estimate of drug-likeness (QED) is 0.486. The summed E-state index contributed by atoms with van der Waals surface area (Å²) in [6.07, 6.45) is 0. The average molecular weight is 500 g/mol. The minimum atomic E-state index is -4.10. The standard InChI is InChI=1S/C25H26ClN3O4S/c1-19(25(31)27-2)28(17-20-9-5-3-6-10-20)24(30)18-29(22-11-7-4-8-12-22)34(32,33)23-15-13-21(26)14-16-23/h3-16,19H,17-18H2,1-2H3,(H,27,31). The van der Waals surface area contributed by atoms with Gasteiger partial charge in [0.15, 0.2) is 0 Å². The number of nitrogens with zero attached hydrogens (tertiary/aromatic N) is 2. The molecule has 0 aromatic heterocycles. The lowest BCUT2D eigenvalue weighted by Crippen LogP contribution is -2.50. The molecule has 0 radical (unpaired) electrons. The first-order valence-corrected chi connectivity index (χ1v) is 12.4. The summed E-state index contributed by atoms with van der Waals surface area (Å²) in [7, 11) is -2.61. The fourth-order valence-electron chi connectivity index (χ4n) is 3.43. The van der Waals surface area contributed by atoms with Crippen LogP contribution < -0.4 is 9.62 Å². The smallest absolute Gasteiger partial charge is 0.264 e. The molecule has 2 amide bonds. The second-order valence-electron chi connectivity index (χ2n) is 7.60. The molecule has 1 unspecified atom stereocenters. The minimum absolute atomic E-state index is 0.00233. The summed E-state index contributed by atoms with van der Waals surface area (Å²) in [6.45, 7) is 1.28. The van der Waals surface area contributed by atoms with Crippen LogP contribution in [0, 0.1) is 0 Å². The van der Waals surface area contributed by atoms with Crippen LogP contribution in [0.3, 0.4) is 0 Å². The van der Waals surface area contributed by atoms with Crippen LogP contribution in [0.15, 0.2) is 89.8 Å². The number of carbonyl (C=O) groups excluding carboxylic acids is 2. The van der Waals surface area contributed by atoms with Crippen molar-refractivity contribution in [1.82, 2.24) is 10.2 Å². The van der Waals surface area contributed by atoms with Crippen LogP contribution in [0.4, 0.5) is 5.69 Å². The van der Waals surface area contributed by atoms with Crippen molar-refractivity contribution in [2.75, 3.05) is 17.9 Å². The topological polar surface area (TPSA) is 86.8 Å². The van der Waals surface area contributed by atoms with Gasteiger partial charge >= 0.3 is 0 Å². The van der Waals surface area contributed by atoms with Crippen molar-refractivity contribution in [1.29, 1.82) is 0 Å². The Hall–Kier alpha value is -3.36. The third kappa shape index (κ3) is 5.95. The summed E-state index contributed by atoms with van der Waals surface area (Å²) >= 11 is 5.93. The minimum Gasteiger partial charge on any atom is -0.357 e. The molecule has 1 N–H and O–H groups in total. The number of likely N-dealkylation sites (N-methyl/N-ethyl adjacent to an activating group) is 1. The monoisotopic (exact) mass is 499 g/mol. The highest BCUT2D eigenvalue weighted by Crippen LogP contribution is 2.25. The molecule has 0 spiro atoms. The average Bonchev–Trinajstić information content (AvgIpc) is 2.86. The highest BCUT2D eigenvalue weighted by Gasteiger charge is 2.32. The van der Waals surface area contributed by atoms with E-state index in [0.717, 1.165) is 9.87 Å². The number of carbonyl (C=O) groups is 2. The van der Waals surface area contributed by atoms with Gasteiger partial charge in [-0.05, 0) is 48.9 Å². The van der Waals surface area contributed by atoms with Gasteiger partial charge in [-0.1, -0.05) is 60.1 Å². The van der Waals surface area contributed by atoms with Crippen molar-refractivity contribution in [3.8, 4) is 0 Å². The predicted octanol–water partition coefficient (Wildman–Crippen LogP) is 3.70. The van der Waals surface area contributed by atoms with Crippen LogP contribution in [-0.4, -0.2) is 44.8 Å². The van der Waals surface area contributed by atoms with Crippen LogP contribution in [0.25, 0.3) is 0 Å². The van der Waals surface area contributed by atoms with Crippen LogP contribution in [0.2, 0.25) is 5.02 Å². The van der Waals surface area contributed by atoms with Gasteiger partial charge in [0.1, 0.15) is 12.6 Å². The molecular weight excluding hydrogens is 474 g/mol. The van der Waals surface area contributed by atoms with Gasteiger partial charge in [0.05, 0.1) is 10.6 Å². The fourth-order valence-corrected chi connectivity index (χ4v) is 4.97. The second-order valence-corrected chi connectivity index (χ2v) is 9.90. The van der Waals surface area contributed by atoms with E-state index in [0.29, 0.717) is 10.7 Å². The van der Waals surface area contributed by atoms with Crippen molar-refractivity contribution in [2.45, 2.75) is 24.4 Å². The van der Waals surface area contributed by atoms with E-state index in [1.807, 2.05) is 30.3 Å². The summed E-state index contributed by atoms with van der Waals surface area (Å²) in [5, 5.41) is 2.95. The largest absolute Gasteiger partial charge is 0.357 e. The molecule has 3 rings (SSSR count). The van der Waals surface area contributed by atoms with Gasteiger partial charge in [0.25, 0.3) is 10.0 Å². The molecule has 0 aliphatic rings. The lowest BCUT2D eigenvalue weighted by Gasteiger charge is -2.31. The summed E-state index contributed by atoms with van der Waals surface area (Å²) in [5.41, 5.74) is 1.15. The van der Waals surface area contributed by atoms with Crippen LogP contribution in [0.5, 0.6) is 0 Å². The van der Waals surface area contributed by atoms with E-state index >= 15 is 0 Å². The summed E-state index contributed by atoms with van der Waals surface area (Å²) in [6, 6.07) is 22.5. The molecule has 0 aliphatic carbocycles. The number of rotatable bonds is 9. The van der Waals surface area contributed by atoms with Gasteiger partial charge in [-0.15, -0.1) is 0 Å². The van der Waals surface area contributed by atoms with E-state index in [-0.39, 0.29) is 17.3 Å². The van der Waals surface area contributed by atoms with Gasteiger partial charge in [-0.25, -0.2) is 8.42 Å². The number of hydrogen-bond donors (Lipinski definition) is 1. The molecule has 9 heteroatoms. The number of halogens is 1. The maximum absolute atomic E-state index is 13.6. The number of nitrogens with one attached hydrogen (secondary N) is 1. The molecule has 7 nitrogen and oxygen atoms in total. The predicted molar refractivity (Wildman–Crippen MR) is 133 cm³/mol. The number of amides is 2. The lowest BCUT2D eigenvalue weighted by molar-refractivity contribution is -0.139. The first-order chi connectivity index (χ1) is 16.2. The van der Waals surface area contributed by atoms with Crippen molar-refractivity contribution in [3.63, 3.8) is 0 Å². The Morgan fingerprint density at radius 1 is 0.912 bits per heavy atom. The highest BCUT2D eigenvalue weighted by molar-refractivity contribution is 7.92. The zero-order valence-corrected chi connectivity index (χ0v) is 20.5. The van der Waals surface area contributed by atoms with Crippen LogP contribution >= 0.6 is 11.6 Å². The van der Waals surface area contributed by atoms with E-state index in [9.17, 15) is 18.0 Å². The van der Waals surface area contributed by atoms with Crippen molar-refractivity contribution >= 4 is 39.1 Å². The molecule has 0 saturated carbocycles. The molecule has 1 atom stereocenters. The molecule has 0 aliphatic heterocycles. The summed E-state index contributed by atoms with van der Waals surface area (Å²) < 4.78 is 28.2. The molecule has 0 bridgehead atoms.